The van der Waals surface area contributed by atoms with E-state index < -0.39 is 0 Å². The first kappa shape index (κ1) is 20.4. The Balaban J connectivity index is 1.23. The summed E-state index contributed by atoms with van der Waals surface area (Å²) in [5, 5.41) is 0. The highest BCUT2D eigenvalue weighted by atomic mass is 16.6. The molecule has 166 valence electrons. The van der Waals surface area contributed by atoms with Crippen molar-refractivity contribution in [2.24, 2.45) is 0 Å². The lowest BCUT2D eigenvalue weighted by Crippen LogP contribution is -2.47. The number of rotatable bonds is 4. The van der Waals surface area contributed by atoms with Gasteiger partial charge in [-0.05, 0) is 43.7 Å². The molecule has 3 saturated heterocycles. The molecule has 4 heterocycles. The lowest BCUT2D eigenvalue weighted by molar-refractivity contribution is -0.125. The predicted octanol–water partition coefficient (Wildman–Crippen LogP) is 2.55. The molecule has 0 radical (unpaired) electrons. The van der Waals surface area contributed by atoms with Crippen LogP contribution in [0.2, 0.25) is 0 Å². The predicted molar refractivity (Wildman–Crippen MR) is 116 cm³/mol. The fourth-order valence-corrected chi connectivity index (χ4v) is 4.83. The first-order valence-electron chi connectivity index (χ1n) is 10.8. The van der Waals surface area contributed by atoms with Crippen molar-refractivity contribution in [2.75, 3.05) is 26.2 Å². The summed E-state index contributed by atoms with van der Waals surface area (Å²) in [6.07, 6.45) is 4.68. The van der Waals surface area contributed by atoms with E-state index in [0.717, 1.165) is 5.56 Å². The van der Waals surface area contributed by atoms with Gasteiger partial charge >= 0.3 is 6.09 Å². The number of nitrogens with zero attached hydrogens (tertiary/aromatic N) is 3. The molecule has 0 N–H and O–H groups in total. The molecule has 0 spiro atoms. The van der Waals surface area contributed by atoms with Crippen molar-refractivity contribution in [3.63, 3.8) is 0 Å². The van der Waals surface area contributed by atoms with Gasteiger partial charge in [0.1, 0.15) is 11.9 Å². The van der Waals surface area contributed by atoms with Crippen LogP contribution in [0.5, 0.6) is 0 Å². The number of furan rings is 1. The Morgan fingerprint density at radius 1 is 1.09 bits per heavy atom. The summed E-state index contributed by atoms with van der Waals surface area (Å²) in [7, 11) is 0. The maximum Gasteiger partial charge on any atom is 0.410 e. The summed E-state index contributed by atoms with van der Waals surface area (Å²) in [6.45, 7) is 3.80. The second kappa shape index (κ2) is 8.18. The van der Waals surface area contributed by atoms with Crippen LogP contribution < -0.4 is 0 Å². The van der Waals surface area contributed by atoms with E-state index in [2.05, 4.69) is 0 Å². The van der Waals surface area contributed by atoms with Crippen LogP contribution in [-0.4, -0.2) is 77.0 Å². The number of likely N-dealkylation sites (tertiary alicyclic amines) is 2. The molecule has 0 bridgehead atoms. The number of fused-ring (bicyclic) bond motifs is 1. The van der Waals surface area contributed by atoms with Gasteiger partial charge in [-0.2, -0.15) is 0 Å². The molecule has 2 aromatic rings. The van der Waals surface area contributed by atoms with E-state index in [4.69, 9.17) is 9.15 Å². The van der Waals surface area contributed by atoms with Gasteiger partial charge in [-0.15, -0.1) is 0 Å². The molecule has 0 aliphatic carbocycles. The van der Waals surface area contributed by atoms with Gasteiger partial charge in [0.25, 0.3) is 5.91 Å². The van der Waals surface area contributed by atoms with Crippen molar-refractivity contribution in [1.29, 1.82) is 0 Å². The Hall–Kier alpha value is -3.55. The second-order valence-corrected chi connectivity index (χ2v) is 8.55. The van der Waals surface area contributed by atoms with Gasteiger partial charge in [-0.1, -0.05) is 17.7 Å². The summed E-state index contributed by atoms with van der Waals surface area (Å²) in [4.78, 5) is 43.3. The van der Waals surface area contributed by atoms with Crippen LogP contribution in [0.15, 0.2) is 53.2 Å². The van der Waals surface area contributed by atoms with E-state index in [1.807, 2.05) is 31.2 Å². The maximum atomic E-state index is 12.9. The average molecular weight is 435 g/mol. The Morgan fingerprint density at radius 2 is 1.97 bits per heavy atom. The van der Waals surface area contributed by atoms with Crippen LogP contribution in [0.3, 0.4) is 0 Å². The summed E-state index contributed by atoms with van der Waals surface area (Å²) >= 11 is 0. The van der Waals surface area contributed by atoms with E-state index in [1.54, 1.807) is 39.2 Å². The molecule has 1 unspecified atom stereocenters. The molecule has 3 atom stereocenters. The van der Waals surface area contributed by atoms with E-state index in [1.165, 1.54) is 6.08 Å². The maximum absolute atomic E-state index is 12.9. The third kappa shape index (κ3) is 3.77. The molecule has 3 aliphatic heterocycles. The Morgan fingerprint density at radius 3 is 2.75 bits per heavy atom. The van der Waals surface area contributed by atoms with E-state index in [0.29, 0.717) is 43.9 Å². The second-order valence-electron chi connectivity index (χ2n) is 8.55. The summed E-state index contributed by atoms with van der Waals surface area (Å²) < 4.78 is 10.8. The minimum absolute atomic E-state index is 0.0506. The zero-order chi connectivity index (χ0) is 22.2. The molecular formula is C24H25N3O5. The normalized spacial score (nSPS) is 25.0. The zero-order valence-corrected chi connectivity index (χ0v) is 17.8. The van der Waals surface area contributed by atoms with Crippen LogP contribution in [0.4, 0.5) is 4.79 Å². The molecule has 32 heavy (non-hydrogen) atoms. The van der Waals surface area contributed by atoms with Crippen molar-refractivity contribution >= 4 is 24.0 Å². The summed E-state index contributed by atoms with van der Waals surface area (Å²) in [5.74, 6) is 0.449. The highest BCUT2D eigenvalue weighted by Crippen LogP contribution is 2.32. The number of benzene rings is 1. The highest BCUT2D eigenvalue weighted by Gasteiger charge is 2.52. The quantitative estimate of drug-likeness (QED) is 0.690. The number of hydrogen-bond donors (Lipinski definition) is 0. The third-order valence-electron chi connectivity index (χ3n) is 6.41. The molecule has 3 fully saturated rings. The fourth-order valence-electron chi connectivity index (χ4n) is 4.83. The first-order valence-corrected chi connectivity index (χ1v) is 10.8. The van der Waals surface area contributed by atoms with Crippen LogP contribution in [0.1, 0.15) is 28.1 Å². The summed E-state index contributed by atoms with van der Waals surface area (Å²) in [5.41, 5.74) is 1.67. The minimum Gasteiger partial charge on any atom is -0.465 e. The first-order chi connectivity index (χ1) is 15.5. The SMILES string of the molecule is Cc1cccc(C(=O)N2C[C@@H]3OC(=O)N(C4CCN(C(=O)/C=C/c5ccco5)C4)[C@@H]3C2)c1. The zero-order valence-electron chi connectivity index (χ0n) is 17.8. The van der Waals surface area contributed by atoms with E-state index in [-0.39, 0.29) is 36.1 Å². The van der Waals surface area contributed by atoms with Gasteiger partial charge in [-0.3, -0.25) is 14.5 Å². The smallest absolute Gasteiger partial charge is 0.410 e. The van der Waals surface area contributed by atoms with E-state index >= 15 is 0 Å². The largest absolute Gasteiger partial charge is 0.465 e. The highest BCUT2D eigenvalue weighted by molar-refractivity contribution is 5.95. The lowest BCUT2D eigenvalue weighted by Gasteiger charge is -2.28. The van der Waals surface area contributed by atoms with Crippen LogP contribution in [0.25, 0.3) is 6.08 Å². The van der Waals surface area contributed by atoms with Crippen molar-refractivity contribution in [3.05, 3.63) is 65.6 Å². The Kier molecular flexibility index (Phi) is 5.20. The van der Waals surface area contributed by atoms with Crippen LogP contribution >= 0.6 is 0 Å². The standard InChI is InChI=1S/C24H25N3O5/c1-16-4-2-5-17(12-16)23(29)26-14-20-21(15-26)32-24(30)27(20)18-9-10-25(13-18)22(28)8-7-19-6-3-11-31-19/h2-8,11-12,18,20-21H,9-10,13-15H2,1H3/b8-7+/t18?,20-,21+/m1/s1. The van der Waals surface area contributed by atoms with Crippen molar-refractivity contribution in [2.45, 2.75) is 31.5 Å². The number of aryl methyl sites for hydroxylation is 1. The number of ether oxygens (including phenoxy) is 1. The molecule has 1 aromatic heterocycles. The number of carbonyl (C=O) groups is 3. The average Bonchev–Trinajstić information content (AvgIpc) is 3.56. The molecular weight excluding hydrogens is 410 g/mol. The Labute approximate surface area is 186 Å². The van der Waals surface area contributed by atoms with Crippen molar-refractivity contribution in [1.82, 2.24) is 14.7 Å². The summed E-state index contributed by atoms with van der Waals surface area (Å²) in [6, 6.07) is 10.7. The van der Waals surface area contributed by atoms with Gasteiger partial charge in [0.05, 0.1) is 24.9 Å². The fraction of sp³-hybridized carbons (Fsp3) is 0.375. The number of carbonyl (C=O) groups excluding carboxylic acids is 3. The molecule has 0 saturated carbocycles. The molecule has 8 heteroatoms. The number of amides is 3. The van der Waals surface area contributed by atoms with Gasteiger partial charge in [-0.25, -0.2) is 4.79 Å². The molecule has 5 rings (SSSR count). The van der Waals surface area contributed by atoms with Gasteiger partial charge < -0.3 is 19.0 Å². The van der Waals surface area contributed by atoms with Crippen LogP contribution in [-0.2, 0) is 9.53 Å². The molecule has 8 nitrogen and oxygen atoms in total. The van der Waals surface area contributed by atoms with Crippen LogP contribution in [0, 0.1) is 6.92 Å². The third-order valence-corrected chi connectivity index (χ3v) is 6.41. The lowest BCUT2D eigenvalue weighted by atomic mass is 10.1. The minimum atomic E-state index is -0.354. The molecule has 1 aromatic carbocycles. The topological polar surface area (TPSA) is 83.3 Å². The monoisotopic (exact) mass is 435 g/mol. The van der Waals surface area contributed by atoms with Gasteiger partial charge in [0.15, 0.2) is 0 Å². The van der Waals surface area contributed by atoms with Gasteiger partial charge in [0, 0.05) is 31.3 Å². The molecule has 3 aliphatic rings. The number of hydrogen-bond acceptors (Lipinski definition) is 5. The van der Waals surface area contributed by atoms with Gasteiger partial charge in [0.2, 0.25) is 5.91 Å². The van der Waals surface area contributed by atoms with Crippen molar-refractivity contribution in [3.8, 4) is 0 Å². The Bertz CT molecular complexity index is 1060. The molecule has 3 amide bonds. The van der Waals surface area contributed by atoms with Crippen molar-refractivity contribution < 1.29 is 23.5 Å². The van der Waals surface area contributed by atoms with E-state index in [9.17, 15) is 14.4 Å².